The van der Waals surface area contributed by atoms with E-state index in [0.29, 0.717) is 0 Å². The van der Waals surface area contributed by atoms with Crippen molar-refractivity contribution in [1.29, 1.82) is 0 Å². The van der Waals surface area contributed by atoms with Gasteiger partial charge in [-0.05, 0) is 32.9 Å². The van der Waals surface area contributed by atoms with E-state index in [9.17, 15) is 4.79 Å². The van der Waals surface area contributed by atoms with E-state index in [2.05, 4.69) is 16.8 Å². The van der Waals surface area contributed by atoms with Crippen molar-refractivity contribution >= 4 is 0 Å². The minimum Gasteiger partial charge on any atom is -0.313 e. The fourth-order valence-corrected chi connectivity index (χ4v) is 2.11. The Labute approximate surface area is 83.5 Å². The van der Waals surface area contributed by atoms with Crippen LogP contribution in [-0.4, -0.2) is 34.1 Å². The summed E-state index contributed by atoms with van der Waals surface area (Å²) in [6.07, 6.45) is 6.12. The minimum atomic E-state index is -0.00306. The van der Waals surface area contributed by atoms with Crippen molar-refractivity contribution in [2.24, 2.45) is 0 Å². The van der Waals surface area contributed by atoms with Crippen molar-refractivity contribution in [2.75, 3.05) is 19.6 Å². The Morgan fingerprint density at radius 2 is 2.21 bits per heavy atom. The van der Waals surface area contributed by atoms with Crippen molar-refractivity contribution in [3.05, 3.63) is 22.9 Å². The molecule has 0 saturated carbocycles. The molecule has 78 valence electrons. The molecule has 1 aromatic heterocycles. The summed E-state index contributed by atoms with van der Waals surface area (Å²) < 4.78 is 1.76. The Morgan fingerprint density at radius 3 is 2.79 bits per heavy atom. The summed E-state index contributed by atoms with van der Waals surface area (Å²) in [5.41, 5.74) is -0.00306. The molecule has 4 heteroatoms. The number of H-pyrrole nitrogens is 1. The van der Waals surface area contributed by atoms with Gasteiger partial charge in [0.15, 0.2) is 0 Å². The number of nitrogens with one attached hydrogen (secondary N) is 1. The molecule has 1 unspecified atom stereocenters. The van der Waals surface area contributed by atoms with Gasteiger partial charge in [-0.3, -0.25) is 4.57 Å². The highest BCUT2D eigenvalue weighted by atomic mass is 16.1. The number of aromatic nitrogens is 2. The van der Waals surface area contributed by atoms with Gasteiger partial charge in [0.05, 0.1) is 0 Å². The number of nitrogens with zero attached hydrogens (tertiary/aromatic N) is 2. The SMILES string of the molecule is CC(CN1CCCC1)n1cc[nH]c1=O. The predicted octanol–water partition coefficient (Wildman–Crippen LogP) is 0.833. The lowest BCUT2D eigenvalue weighted by atomic mass is 10.3. The lowest BCUT2D eigenvalue weighted by Crippen LogP contribution is -2.31. The Kier molecular flexibility index (Phi) is 2.72. The molecular weight excluding hydrogens is 178 g/mol. The van der Waals surface area contributed by atoms with Gasteiger partial charge >= 0.3 is 5.69 Å². The van der Waals surface area contributed by atoms with E-state index in [1.165, 1.54) is 25.9 Å². The molecule has 1 atom stereocenters. The summed E-state index contributed by atoms with van der Waals surface area (Å²) in [6.45, 7) is 5.44. The molecule has 1 fully saturated rings. The molecule has 1 saturated heterocycles. The Morgan fingerprint density at radius 1 is 1.50 bits per heavy atom. The molecule has 0 aliphatic carbocycles. The van der Waals surface area contributed by atoms with Gasteiger partial charge in [-0.2, -0.15) is 0 Å². The van der Waals surface area contributed by atoms with Crippen molar-refractivity contribution in [3.63, 3.8) is 0 Å². The van der Waals surface area contributed by atoms with Gasteiger partial charge < -0.3 is 9.88 Å². The summed E-state index contributed by atoms with van der Waals surface area (Å²) in [5, 5.41) is 0. The third-order valence-electron chi connectivity index (χ3n) is 2.87. The smallest absolute Gasteiger partial charge is 0.313 e. The normalized spacial score (nSPS) is 20.1. The largest absolute Gasteiger partial charge is 0.325 e. The first kappa shape index (κ1) is 9.52. The molecule has 0 amide bonds. The second-order valence-electron chi connectivity index (χ2n) is 4.03. The monoisotopic (exact) mass is 195 g/mol. The van der Waals surface area contributed by atoms with Crippen LogP contribution in [0.5, 0.6) is 0 Å². The molecule has 0 radical (unpaired) electrons. The number of aromatic amines is 1. The molecule has 4 nitrogen and oxygen atoms in total. The highest BCUT2D eigenvalue weighted by Crippen LogP contribution is 2.11. The van der Waals surface area contributed by atoms with Crippen LogP contribution in [0.2, 0.25) is 0 Å². The number of hydrogen-bond donors (Lipinski definition) is 1. The van der Waals surface area contributed by atoms with Gasteiger partial charge in [0, 0.05) is 25.0 Å². The number of imidazole rings is 1. The molecule has 0 bridgehead atoms. The van der Waals surface area contributed by atoms with Gasteiger partial charge in [-0.1, -0.05) is 0 Å². The molecule has 1 aliphatic heterocycles. The van der Waals surface area contributed by atoms with E-state index in [1.54, 1.807) is 10.8 Å². The number of rotatable bonds is 3. The average Bonchev–Trinajstić information content (AvgIpc) is 2.75. The topological polar surface area (TPSA) is 41.0 Å². The Hall–Kier alpha value is -1.03. The van der Waals surface area contributed by atoms with Gasteiger partial charge in [-0.15, -0.1) is 0 Å². The Balaban J connectivity index is 1.98. The molecule has 2 heterocycles. The second kappa shape index (κ2) is 4.00. The van der Waals surface area contributed by atoms with Crippen LogP contribution >= 0.6 is 0 Å². The van der Waals surface area contributed by atoms with E-state index in [-0.39, 0.29) is 11.7 Å². The first-order valence-electron chi connectivity index (χ1n) is 5.25. The third-order valence-corrected chi connectivity index (χ3v) is 2.87. The highest BCUT2D eigenvalue weighted by Gasteiger charge is 2.15. The Bertz CT molecular complexity index is 335. The zero-order valence-corrected chi connectivity index (χ0v) is 8.57. The third kappa shape index (κ3) is 1.90. The predicted molar refractivity (Wildman–Crippen MR) is 55.4 cm³/mol. The summed E-state index contributed by atoms with van der Waals surface area (Å²) in [4.78, 5) is 16.4. The molecule has 0 spiro atoms. The van der Waals surface area contributed by atoms with Crippen LogP contribution in [0.15, 0.2) is 17.2 Å². The molecule has 1 aromatic rings. The molecule has 14 heavy (non-hydrogen) atoms. The first-order valence-corrected chi connectivity index (χ1v) is 5.25. The highest BCUT2D eigenvalue weighted by molar-refractivity contribution is 4.82. The maximum Gasteiger partial charge on any atom is 0.325 e. The molecule has 0 aromatic carbocycles. The van der Waals surface area contributed by atoms with Crippen LogP contribution in [0.3, 0.4) is 0 Å². The van der Waals surface area contributed by atoms with Gasteiger partial charge in [0.1, 0.15) is 0 Å². The van der Waals surface area contributed by atoms with Gasteiger partial charge in [0.25, 0.3) is 0 Å². The molecular formula is C10H17N3O. The van der Waals surface area contributed by atoms with Crippen LogP contribution in [0, 0.1) is 0 Å². The van der Waals surface area contributed by atoms with Crippen molar-refractivity contribution in [2.45, 2.75) is 25.8 Å². The van der Waals surface area contributed by atoms with Gasteiger partial charge in [0.2, 0.25) is 0 Å². The summed E-state index contributed by atoms with van der Waals surface area (Å²) in [7, 11) is 0. The second-order valence-corrected chi connectivity index (χ2v) is 4.03. The number of likely N-dealkylation sites (tertiary alicyclic amines) is 1. The van der Waals surface area contributed by atoms with Crippen LogP contribution < -0.4 is 5.69 Å². The number of hydrogen-bond acceptors (Lipinski definition) is 2. The molecule has 2 rings (SSSR count). The first-order chi connectivity index (χ1) is 6.77. The maximum absolute atomic E-state index is 11.3. The zero-order chi connectivity index (χ0) is 9.97. The van der Waals surface area contributed by atoms with Crippen molar-refractivity contribution in [1.82, 2.24) is 14.5 Å². The van der Waals surface area contributed by atoms with Crippen LogP contribution in [0.4, 0.5) is 0 Å². The zero-order valence-electron chi connectivity index (χ0n) is 8.57. The van der Waals surface area contributed by atoms with Crippen molar-refractivity contribution < 1.29 is 0 Å². The van der Waals surface area contributed by atoms with E-state index < -0.39 is 0 Å². The lowest BCUT2D eigenvalue weighted by molar-refractivity contribution is 0.285. The average molecular weight is 195 g/mol. The van der Waals surface area contributed by atoms with Crippen LogP contribution in [0.25, 0.3) is 0 Å². The summed E-state index contributed by atoms with van der Waals surface area (Å²) in [5.74, 6) is 0. The minimum absolute atomic E-state index is 0.00306. The van der Waals surface area contributed by atoms with E-state index in [4.69, 9.17) is 0 Å². The van der Waals surface area contributed by atoms with E-state index >= 15 is 0 Å². The summed E-state index contributed by atoms with van der Waals surface area (Å²) in [6, 6.07) is 0.270. The van der Waals surface area contributed by atoms with E-state index in [1.807, 2.05) is 6.20 Å². The van der Waals surface area contributed by atoms with Crippen molar-refractivity contribution in [3.8, 4) is 0 Å². The summed E-state index contributed by atoms with van der Waals surface area (Å²) >= 11 is 0. The van der Waals surface area contributed by atoms with Crippen LogP contribution in [-0.2, 0) is 0 Å². The quantitative estimate of drug-likeness (QED) is 0.776. The standard InChI is InChI=1S/C10H17N3O/c1-9(8-12-5-2-3-6-12)13-7-4-11-10(13)14/h4,7,9H,2-3,5-6,8H2,1H3,(H,11,14). The maximum atomic E-state index is 11.3. The lowest BCUT2D eigenvalue weighted by Gasteiger charge is -2.20. The van der Waals surface area contributed by atoms with Crippen LogP contribution in [0.1, 0.15) is 25.8 Å². The van der Waals surface area contributed by atoms with Gasteiger partial charge in [-0.25, -0.2) is 4.79 Å². The molecule has 1 N–H and O–H groups in total. The van der Waals surface area contributed by atoms with E-state index in [0.717, 1.165) is 6.54 Å². The fraction of sp³-hybridized carbons (Fsp3) is 0.700. The molecule has 1 aliphatic rings. The fourth-order valence-electron chi connectivity index (χ4n) is 2.11.